The molecule has 1 aromatic carbocycles. The quantitative estimate of drug-likeness (QED) is 0.928. The molecule has 1 aromatic rings. The molecule has 0 spiro atoms. The van der Waals surface area contributed by atoms with E-state index in [1.54, 1.807) is 7.05 Å². The lowest BCUT2D eigenvalue weighted by atomic mass is 9.94. The van der Waals surface area contributed by atoms with Crippen LogP contribution >= 0.6 is 0 Å². The zero-order valence-electron chi connectivity index (χ0n) is 12.8. The van der Waals surface area contributed by atoms with Crippen molar-refractivity contribution < 1.29 is 12.8 Å². The maximum Gasteiger partial charge on any atom is 0.243 e. The molecule has 0 radical (unpaired) electrons. The van der Waals surface area contributed by atoms with Crippen LogP contribution in [-0.2, 0) is 16.6 Å². The Balaban J connectivity index is 2.45. The van der Waals surface area contributed by atoms with Crippen LogP contribution in [0.2, 0.25) is 0 Å². The highest BCUT2D eigenvalue weighted by molar-refractivity contribution is 7.89. The molecule has 0 bridgehead atoms. The summed E-state index contributed by atoms with van der Waals surface area (Å²) in [7, 11) is -1.92. The Morgan fingerprint density at radius 1 is 1.38 bits per heavy atom. The number of nitrogens with one attached hydrogen (secondary N) is 1. The summed E-state index contributed by atoms with van der Waals surface area (Å²) >= 11 is 0. The third-order valence-electron chi connectivity index (χ3n) is 4.30. The van der Waals surface area contributed by atoms with Gasteiger partial charge in [-0.15, -0.1) is 0 Å². The first-order valence-corrected chi connectivity index (χ1v) is 8.76. The van der Waals surface area contributed by atoms with Crippen molar-refractivity contribution in [3.63, 3.8) is 0 Å². The summed E-state index contributed by atoms with van der Waals surface area (Å²) in [5, 5.41) is 2.93. The van der Waals surface area contributed by atoms with Gasteiger partial charge in [0.1, 0.15) is 5.82 Å². The van der Waals surface area contributed by atoms with Crippen molar-refractivity contribution >= 4 is 10.0 Å². The minimum atomic E-state index is -3.67. The highest BCUT2D eigenvalue weighted by Gasteiger charge is 2.35. The lowest BCUT2D eigenvalue weighted by Gasteiger charge is -2.37. The van der Waals surface area contributed by atoms with Crippen molar-refractivity contribution in [3.05, 3.63) is 29.6 Å². The van der Waals surface area contributed by atoms with Gasteiger partial charge >= 0.3 is 0 Å². The molecule has 2 atom stereocenters. The fourth-order valence-electron chi connectivity index (χ4n) is 2.87. The van der Waals surface area contributed by atoms with Gasteiger partial charge in [0, 0.05) is 19.1 Å². The zero-order chi connectivity index (χ0) is 15.6. The summed E-state index contributed by atoms with van der Waals surface area (Å²) in [5.41, 5.74) is 0.601. The van der Waals surface area contributed by atoms with Gasteiger partial charge in [-0.05, 0) is 50.4 Å². The standard InChI is InChI=1S/C15H23FN2O2S/c1-11-5-4-8-18(12(11)2)21(19,20)15-9-14(16)7-6-13(15)10-17-3/h6-7,9,11-12,17H,4-5,8,10H2,1-3H3. The van der Waals surface area contributed by atoms with Crippen molar-refractivity contribution in [2.24, 2.45) is 5.92 Å². The summed E-state index contributed by atoms with van der Waals surface area (Å²) in [6, 6.07) is 3.91. The first-order chi connectivity index (χ1) is 9.87. The van der Waals surface area contributed by atoms with Crippen LogP contribution in [0.25, 0.3) is 0 Å². The Hall–Kier alpha value is -0.980. The summed E-state index contributed by atoms with van der Waals surface area (Å²) < 4.78 is 40.9. The molecular weight excluding hydrogens is 291 g/mol. The molecule has 1 N–H and O–H groups in total. The Labute approximate surface area is 126 Å². The van der Waals surface area contributed by atoms with E-state index in [0.717, 1.165) is 18.9 Å². The lowest BCUT2D eigenvalue weighted by Crippen LogP contribution is -2.46. The second kappa shape index (κ2) is 6.42. The van der Waals surface area contributed by atoms with Gasteiger partial charge in [-0.3, -0.25) is 0 Å². The first kappa shape index (κ1) is 16.4. The number of nitrogens with zero attached hydrogens (tertiary/aromatic N) is 1. The van der Waals surface area contributed by atoms with E-state index in [1.807, 2.05) is 6.92 Å². The Morgan fingerprint density at radius 3 is 2.76 bits per heavy atom. The molecule has 6 heteroatoms. The third-order valence-corrected chi connectivity index (χ3v) is 6.37. The number of benzene rings is 1. The normalized spacial score (nSPS) is 24.2. The molecule has 2 unspecified atom stereocenters. The maximum absolute atomic E-state index is 13.6. The number of halogens is 1. The van der Waals surface area contributed by atoms with Gasteiger partial charge in [0.25, 0.3) is 0 Å². The van der Waals surface area contributed by atoms with E-state index in [0.29, 0.717) is 24.6 Å². The Morgan fingerprint density at radius 2 is 2.10 bits per heavy atom. The Bertz CT molecular complexity index is 604. The smallest absolute Gasteiger partial charge is 0.243 e. The van der Waals surface area contributed by atoms with Gasteiger partial charge in [0.05, 0.1) is 4.90 Å². The van der Waals surface area contributed by atoms with Gasteiger partial charge in [-0.25, -0.2) is 12.8 Å². The number of sulfonamides is 1. The lowest BCUT2D eigenvalue weighted by molar-refractivity contribution is 0.202. The molecule has 1 heterocycles. The average molecular weight is 314 g/mol. The van der Waals surface area contributed by atoms with Crippen LogP contribution < -0.4 is 5.32 Å². The fourth-order valence-corrected chi connectivity index (χ4v) is 4.87. The van der Waals surface area contributed by atoms with E-state index in [4.69, 9.17) is 0 Å². The molecule has 1 aliphatic rings. The molecule has 1 fully saturated rings. The molecule has 0 saturated carbocycles. The minimum absolute atomic E-state index is 0.0607. The zero-order valence-corrected chi connectivity index (χ0v) is 13.6. The molecule has 0 aliphatic carbocycles. The van der Waals surface area contributed by atoms with Gasteiger partial charge < -0.3 is 5.32 Å². The highest BCUT2D eigenvalue weighted by atomic mass is 32.2. The molecule has 1 aliphatic heterocycles. The van der Waals surface area contributed by atoms with Crippen molar-refractivity contribution in [2.75, 3.05) is 13.6 Å². The third kappa shape index (κ3) is 3.27. The van der Waals surface area contributed by atoms with Crippen molar-refractivity contribution in [1.82, 2.24) is 9.62 Å². The molecular formula is C15H23FN2O2S. The Kier molecular flexibility index (Phi) is 5.01. The maximum atomic E-state index is 13.6. The number of hydrogen-bond acceptors (Lipinski definition) is 3. The second-order valence-corrected chi connectivity index (χ2v) is 7.62. The number of hydrogen-bond donors (Lipinski definition) is 1. The van der Waals surface area contributed by atoms with Crippen LogP contribution in [0.3, 0.4) is 0 Å². The van der Waals surface area contributed by atoms with E-state index < -0.39 is 15.8 Å². The van der Waals surface area contributed by atoms with Gasteiger partial charge in [0.15, 0.2) is 0 Å². The SMILES string of the molecule is CNCc1ccc(F)cc1S(=O)(=O)N1CCCC(C)C1C. The van der Waals surface area contributed by atoms with E-state index in [-0.39, 0.29) is 10.9 Å². The van der Waals surface area contributed by atoms with Crippen LogP contribution in [0.1, 0.15) is 32.3 Å². The number of rotatable bonds is 4. The van der Waals surface area contributed by atoms with Gasteiger partial charge in [0.2, 0.25) is 10.0 Å². The van der Waals surface area contributed by atoms with E-state index >= 15 is 0 Å². The molecule has 2 rings (SSSR count). The van der Waals surface area contributed by atoms with E-state index in [2.05, 4.69) is 12.2 Å². The molecule has 118 valence electrons. The molecule has 0 amide bonds. The van der Waals surface area contributed by atoms with Crippen LogP contribution in [0.15, 0.2) is 23.1 Å². The van der Waals surface area contributed by atoms with Gasteiger partial charge in [-0.2, -0.15) is 4.31 Å². The molecule has 1 saturated heterocycles. The predicted octanol–water partition coefficient (Wildman–Crippen LogP) is 2.35. The van der Waals surface area contributed by atoms with Gasteiger partial charge in [-0.1, -0.05) is 13.0 Å². The summed E-state index contributed by atoms with van der Waals surface area (Å²) in [6.07, 6.45) is 1.88. The monoisotopic (exact) mass is 314 g/mol. The van der Waals surface area contributed by atoms with Crippen molar-refractivity contribution in [1.29, 1.82) is 0 Å². The summed E-state index contributed by atoms with van der Waals surface area (Å²) in [6.45, 7) is 4.89. The second-order valence-electron chi connectivity index (χ2n) is 5.76. The average Bonchev–Trinajstić information content (AvgIpc) is 2.43. The van der Waals surface area contributed by atoms with Crippen LogP contribution in [0, 0.1) is 11.7 Å². The van der Waals surface area contributed by atoms with Crippen LogP contribution in [0.4, 0.5) is 4.39 Å². The molecule has 0 aromatic heterocycles. The fraction of sp³-hybridized carbons (Fsp3) is 0.600. The first-order valence-electron chi connectivity index (χ1n) is 7.32. The topological polar surface area (TPSA) is 49.4 Å². The minimum Gasteiger partial charge on any atom is -0.316 e. The van der Waals surface area contributed by atoms with E-state index in [9.17, 15) is 12.8 Å². The summed E-state index contributed by atoms with van der Waals surface area (Å²) in [5.74, 6) is -0.207. The van der Waals surface area contributed by atoms with E-state index in [1.165, 1.54) is 16.4 Å². The summed E-state index contributed by atoms with van der Waals surface area (Å²) in [4.78, 5) is 0.0813. The largest absolute Gasteiger partial charge is 0.316 e. The van der Waals surface area contributed by atoms with Crippen molar-refractivity contribution in [3.8, 4) is 0 Å². The van der Waals surface area contributed by atoms with Crippen LogP contribution in [0.5, 0.6) is 0 Å². The van der Waals surface area contributed by atoms with Crippen molar-refractivity contribution in [2.45, 2.75) is 44.2 Å². The highest BCUT2D eigenvalue weighted by Crippen LogP contribution is 2.30. The number of piperidine rings is 1. The molecule has 21 heavy (non-hydrogen) atoms. The molecule has 4 nitrogen and oxygen atoms in total. The predicted molar refractivity (Wildman–Crippen MR) is 80.9 cm³/mol. The van der Waals surface area contributed by atoms with Crippen LogP contribution in [-0.4, -0.2) is 32.4 Å².